The van der Waals surface area contributed by atoms with E-state index < -0.39 is 23.9 Å². The molecule has 134 valence electrons. The van der Waals surface area contributed by atoms with Gasteiger partial charge in [0.15, 0.2) is 6.10 Å². The van der Waals surface area contributed by atoms with Crippen molar-refractivity contribution in [3.05, 3.63) is 44.9 Å². The average molecular weight is 364 g/mol. The Balaban J connectivity index is 2.01. The van der Waals surface area contributed by atoms with Gasteiger partial charge in [0.2, 0.25) is 0 Å². The molecule has 1 amide bonds. The topological polar surface area (TPSA) is 97.5 Å². The molecule has 25 heavy (non-hydrogen) atoms. The summed E-state index contributed by atoms with van der Waals surface area (Å²) in [7, 11) is 1.27. The zero-order valence-electron chi connectivity index (χ0n) is 14.5. The molecule has 0 saturated heterocycles. The summed E-state index contributed by atoms with van der Waals surface area (Å²) in [5.74, 6) is -1.63. The molecule has 2 aromatic rings. The molecule has 8 heteroatoms. The van der Waals surface area contributed by atoms with Crippen molar-refractivity contribution in [2.24, 2.45) is 0 Å². The first kappa shape index (κ1) is 18.7. The molecule has 0 fully saturated rings. The number of rotatable bonds is 6. The van der Waals surface area contributed by atoms with Gasteiger partial charge < -0.3 is 19.8 Å². The van der Waals surface area contributed by atoms with Crippen LogP contribution in [0.25, 0.3) is 0 Å². The van der Waals surface area contributed by atoms with Gasteiger partial charge in [-0.25, -0.2) is 9.59 Å². The summed E-state index contributed by atoms with van der Waals surface area (Å²) in [5, 5.41) is 4.63. The molecule has 0 aliphatic carbocycles. The SMILES string of the molecule is COC(=O)c1c(C)[nH]c(C(=O)OC(C)C(=O)NCc2cccs2)c1C. The van der Waals surface area contributed by atoms with Crippen molar-refractivity contribution in [1.82, 2.24) is 10.3 Å². The maximum atomic E-state index is 12.3. The number of thiophene rings is 1. The average Bonchev–Trinajstić information content (AvgIpc) is 3.19. The van der Waals surface area contributed by atoms with E-state index in [9.17, 15) is 14.4 Å². The first-order valence-electron chi connectivity index (χ1n) is 7.63. The lowest BCUT2D eigenvalue weighted by Gasteiger charge is -2.13. The van der Waals surface area contributed by atoms with Gasteiger partial charge in [0.05, 0.1) is 19.2 Å². The summed E-state index contributed by atoms with van der Waals surface area (Å²) in [4.78, 5) is 39.9. The van der Waals surface area contributed by atoms with Gasteiger partial charge in [-0.1, -0.05) is 6.07 Å². The second kappa shape index (κ2) is 7.98. The standard InChI is InChI=1S/C17H20N2O5S/c1-9-13(16(21)23-4)10(2)19-14(9)17(22)24-11(3)15(20)18-8-12-6-5-7-25-12/h5-7,11,19H,8H2,1-4H3,(H,18,20). The Hall–Kier alpha value is -2.61. The zero-order chi connectivity index (χ0) is 18.6. The highest BCUT2D eigenvalue weighted by molar-refractivity contribution is 7.09. The molecule has 0 radical (unpaired) electrons. The maximum absolute atomic E-state index is 12.3. The number of carbonyl (C=O) groups excluding carboxylic acids is 3. The van der Waals surface area contributed by atoms with Crippen LogP contribution < -0.4 is 5.32 Å². The zero-order valence-corrected chi connectivity index (χ0v) is 15.3. The molecule has 2 rings (SSSR count). The van der Waals surface area contributed by atoms with Crippen LogP contribution in [-0.4, -0.2) is 36.0 Å². The molecule has 7 nitrogen and oxygen atoms in total. The number of nitrogens with one attached hydrogen (secondary N) is 2. The van der Waals surface area contributed by atoms with E-state index in [1.54, 1.807) is 13.8 Å². The Kier molecular flexibility index (Phi) is 5.97. The molecule has 2 aromatic heterocycles. The predicted molar refractivity (Wildman–Crippen MR) is 92.6 cm³/mol. The minimum Gasteiger partial charge on any atom is -0.465 e. The van der Waals surface area contributed by atoms with E-state index in [2.05, 4.69) is 10.3 Å². The number of hydrogen-bond donors (Lipinski definition) is 2. The highest BCUT2D eigenvalue weighted by Crippen LogP contribution is 2.20. The van der Waals surface area contributed by atoms with Crippen molar-refractivity contribution in [3.63, 3.8) is 0 Å². The first-order chi connectivity index (χ1) is 11.8. The van der Waals surface area contributed by atoms with Crippen LogP contribution in [0.1, 0.15) is 43.9 Å². The molecule has 1 atom stereocenters. The number of carbonyl (C=O) groups is 3. The fourth-order valence-electron chi connectivity index (χ4n) is 2.37. The third-order valence-electron chi connectivity index (χ3n) is 3.70. The second-order valence-electron chi connectivity index (χ2n) is 5.46. The smallest absolute Gasteiger partial charge is 0.355 e. The van der Waals surface area contributed by atoms with E-state index in [1.165, 1.54) is 25.4 Å². The predicted octanol–water partition coefficient (Wildman–Crippen LogP) is 2.34. The van der Waals surface area contributed by atoms with Gasteiger partial charge in [-0.05, 0) is 37.8 Å². The number of methoxy groups -OCH3 is 1. The number of ether oxygens (including phenoxy) is 2. The molecule has 0 aromatic carbocycles. The minimum atomic E-state index is -0.961. The lowest BCUT2D eigenvalue weighted by molar-refractivity contribution is -0.129. The monoisotopic (exact) mass is 364 g/mol. The largest absolute Gasteiger partial charge is 0.465 e. The van der Waals surface area contributed by atoms with Crippen molar-refractivity contribution in [2.45, 2.75) is 33.4 Å². The van der Waals surface area contributed by atoms with Gasteiger partial charge in [0.25, 0.3) is 5.91 Å². The Morgan fingerprint density at radius 3 is 2.60 bits per heavy atom. The molecular weight excluding hydrogens is 344 g/mol. The van der Waals surface area contributed by atoms with Crippen molar-refractivity contribution in [3.8, 4) is 0 Å². The Bertz CT molecular complexity index is 779. The molecule has 2 heterocycles. The van der Waals surface area contributed by atoms with Gasteiger partial charge in [0.1, 0.15) is 5.69 Å². The number of amides is 1. The quantitative estimate of drug-likeness (QED) is 0.767. The number of H-pyrrole nitrogens is 1. The fraction of sp³-hybridized carbons (Fsp3) is 0.353. The van der Waals surface area contributed by atoms with Crippen LogP contribution in [0.5, 0.6) is 0 Å². The summed E-state index contributed by atoms with van der Waals surface area (Å²) >= 11 is 1.53. The Morgan fingerprint density at radius 2 is 2.00 bits per heavy atom. The van der Waals surface area contributed by atoms with E-state index >= 15 is 0 Å². The fourth-order valence-corrected chi connectivity index (χ4v) is 3.01. The normalized spacial score (nSPS) is 11.7. The molecule has 0 aliphatic heterocycles. The van der Waals surface area contributed by atoms with Gasteiger partial charge in [-0.2, -0.15) is 0 Å². The van der Waals surface area contributed by atoms with Crippen LogP contribution in [0.4, 0.5) is 0 Å². The Labute approximate surface area is 149 Å². The van der Waals surface area contributed by atoms with Crippen molar-refractivity contribution < 1.29 is 23.9 Å². The number of aryl methyl sites for hydroxylation is 1. The van der Waals surface area contributed by atoms with Crippen molar-refractivity contribution in [2.75, 3.05) is 7.11 Å². The number of aromatic amines is 1. The first-order valence-corrected chi connectivity index (χ1v) is 8.51. The molecule has 1 unspecified atom stereocenters. The highest BCUT2D eigenvalue weighted by atomic mass is 32.1. The summed E-state index contributed by atoms with van der Waals surface area (Å²) in [5.41, 5.74) is 1.37. The van der Waals surface area contributed by atoms with Gasteiger partial charge in [-0.15, -0.1) is 11.3 Å². The lowest BCUT2D eigenvalue weighted by atomic mass is 10.1. The third kappa shape index (κ3) is 4.27. The van der Waals surface area contributed by atoms with Crippen LogP contribution in [0, 0.1) is 13.8 Å². The van der Waals surface area contributed by atoms with Gasteiger partial charge in [0, 0.05) is 10.6 Å². The maximum Gasteiger partial charge on any atom is 0.355 e. The van der Waals surface area contributed by atoms with Gasteiger partial charge >= 0.3 is 11.9 Å². The lowest BCUT2D eigenvalue weighted by Crippen LogP contribution is -2.35. The Morgan fingerprint density at radius 1 is 1.28 bits per heavy atom. The van der Waals surface area contributed by atoms with E-state index in [0.29, 0.717) is 23.4 Å². The summed E-state index contributed by atoms with van der Waals surface area (Å²) < 4.78 is 9.90. The van der Waals surface area contributed by atoms with E-state index in [1.807, 2.05) is 17.5 Å². The molecule has 0 bridgehead atoms. The van der Waals surface area contributed by atoms with Crippen molar-refractivity contribution in [1.29, 1.82) is 0 Å². The van der Waals surface area contributed by atoms with Crippen LogP contribution >= 0.6 is 11.3 Å². The minimum absolute atomic E-state index is 0.135. The second-order valence-corrected chi connectivity index (χ2v) is 6.49. The van der Waals surface area contributed by atoms with Crippen LogP contribution in [-0.2, 0) is 20.8 Å². The molecule has 2 N–H and O–H groups in total. The summed E-state index contributed by atoms with van der Waals surface area (Å²) in [6, 6.07) is 3.80. The number of aromatic nitrogens is 1. The molecule has 0 saturated carbocycles. The third-order valence-corrected chi connectivity index (χ3v) is 4.58. The van der Waals surface area contributed by atoms with Crippen LogP contribution in [0.15, 0.2) is 17.5 Å². The van der Waals surface area contributed by atoms with Crippen LogP contribution in [0.3, 0.4) is 0 Å². The number of esters is 2. The summed E-state index contributed by atoms with van der Waals surface area (Å²) in [6.07, 6.45) is -0.961. The molecular formula is C17H20N2O5S. The van der Waals surface area contributed by atoms with Crippen molar-refractivity contribution >= 4 is 29.2 Å². The number of hydrogen-bond acceptors (Lipinski definition) is 6. The molecule has 0 aliphatic rings. The highest BCUT2D eigenvalue weighted by Gasteiger charge is 2.26. The van der Waals surface area contributed by atoms with Gasteiger partial charge in [-0.3, -0.25) is 4.79 Å². The summed E-state index contributed by atoms with van der Waals surface area (Å²) in [6.45, 7) is 5.15. The van der Waals surface area contributed by atoms with Crippen LogP contribution in [0.2, 0.25) is 0 Å². The van der Waals surface area contributed by atoms with E-state index in [4.69, 9.17) is 9.47 Å². The molecule has 0 spiro atoms. The van der Waals surface area contributed by atoms with E-state index in [0.717, 1.165) is 4.88 Å². The van der Waals surface area contributed by atoms with E-state index in [-0.39, 0.29) is 5.69 Å².